The predicted octanol–water partition coefficient (Wildman–Crippen LogP) is 0.724. The molecule has 1 aliphatic rings. The molecule has 0 amide bonds. The van der Waals surface area contributed by atoms with Gasteiger partial charge in [0, 0.05) is 19.5 Å². The van der Waals surface area contributed by atoms with E-state index >= 15 is 0 Å². The Hall–Kier alpha value is -0.200. The molecular weight excluding hydrogens is 232 g/mol. The highest BCUT2D eigenvalue weighted by atomic mass is 32.2. The molecule has 15 heavy (non-hydrogen) atoms. The highest BCUT2D eigenvalue weighted by Crippen LogP contribution is 2.31. The minimum absolute atomic E-state index is 0.290. The molecule has 0 bridgehead atoms. The summed E-state index contributed by atoms with van der Waals surface area (Å²) in [6, 6.07) is 0. The van der Waals surface area contributed by atoms with Crippen molar-refractivity contribution < 1.29 is 8.42 Å². The molecule has 1 fully saturated rings. The molecule has 1 rings (SSSR count). The third kappa shape index (κ3) is 4.44. The largest absolute Gasteiger partial charge is 0.393 e. The second kappa shape index (κ2) is 5.23. The number of nitrogens with zero attached hydrogens (tertiary/aromatic N) is 1. The monoisotopic (exact) mass is 250 g/mol. The van der Waals surface area contributed by atoms with E-state index in [4.69, 9.17) is 18.0 Å². The van der Waals surface area contributed by atoms with Crippen LogP contribution in [-0.4, -0.2) is 36.6 Å². The molecule has 0 aromatic carbocycles. The molecule has 1 aliphatic carbocycles. The van der Waals surface area contributed by atoms with Crippen LogP contribution in [-0.2, 0) is 10.0 Å². The van der Waals surface area contributed by atoms with Crippen molar-refractivity contribution >= 4 is 27.2 Å². The Labute approximate surface area is 96.9 Å². The molecule has 2 N–H and O–H groups in total. The fraction of sp³-hybridized carbons (Fsp3) is 0.889. The molecule has 0 saturated heterocycles. The number of hydrogen-bond donors (Lipinski definition) is 1. The van der Waals surface area contributed by atoms with E-state index in [1.165, 1.54) is 4.31 Å². The Morgan fingerprint density at radius 2 is 2.13 bits per heavy atom. The van der Waals surface area contributed by atoms with Gasteiger partial charge >= 0.3 is 0 Å². The molecule has 88 valence electrons. The van der Waals surface area contributed by atoms with Gasteiger partial charge in [0.1, 0.15) is 0 Å². The van der Waals surface area contributed by atoms with Gasteiger partial charge in [0.05, 0.1) is 10.7 Å². The summed E-state index contributed by atoms with van der Waals surface area (Å²) in [5.74, 6) is 0.673. The maximum absolute atomic E-state index is 11.9. The Bertz CT molecular complexity index is 323. The fourth-order valence-electron chi connectivity index (χ4n) is 1.42. The van der Waals surface area contributed by atoms with Crippen LogP contribution in [0, 0.1) is 5.92 Å². The summed E-state index contributed by atoms with van der Waals surface area (Å²) in [5.41, 5.74) is 5.36. The Morgan fingerprint density at radius 3 is 2.53 bits per heavy atom. The molecule has 0 spiro atoms. The quantitative estimate of drug-likeness (QED) is 0.676. The van der Waals surface area contributed by atoms with Crippen molar-refractivity contribution in [3.63, 3.8) is 0 Å². The predicted molar refractivity (Wildman–Crippen MR) is 65.2 cm³/mol. The molecule has 0 unspecified atom stereocenters. The standard InChI is InChI=1S/C9H18N2O2S2/c1-2-11(6-5-9(10)14)15(12,13)7-8-3-4-8/h8H,2-7H2,1H3,(H2,10,14). The maximum Gasteiger partial charge on any atom is 0.214 e. The molecule has 1 saturated carbocycles. The zero-order valence-electron chi connectivity index (χ0n) is 8.98. The van der Waals surface area contributed by atoms with Gasteiger partial charge in [-0.2, -0.15) is 0 Å². The SMILES string of the molecule is CCN(CCC(N)=S)S(=O)(=O)CC1CC1. The number of hydrogen-bond acceptors (Lipinski definition) is 3. The van der Waals surface area contributed by atoms with E-state index in [2.05, 4.69) is 0 Å². The third-order valence-electron chi connectivity index (χ3n) is 2.50. The smallest absolute Gasteiger partial charge is 0.214 e. The number of thiocarbonyl (C=S) groups is 1. The molecule has 0 aromatic heterocycles. The topological polar surface area (TPSA) is 63.4 Å². The number of rotatable bonds is 7. The normalized spacial score (nSPS) is 16.9. The van der Waals surface area contributed by atoms with Crippen molar-refractivity contribution in [1.29, 1.82) is 0 Å². The zero-order valence-corrected chi connectivity index (χ0v) is 10.6. The minimum atomic E-state index is -3.09. The lowest BCUT2D eigenvalue weighted by Crippen LogP contribution is -2.35. The van der Waals surface area contributed by atoms with E-state index in [1.807, 2.05) is 6.92 Å². The van der Waals surface area contributed by atoms with Crippen LogP contribution in [0.4, 0.5) is 0 Å². The first-order valence-electron chi connectivity index (χ1n) is 5.22. The molecule has 0 aromatic rings. The lowest BCUT2D eigenvalue weighted by atomic mass is 10.4. The van der Waals surface area contributed by atoms with Crippen LogP contribution in [0.3, 0.4) is 0 Å². The molecular formula is C9H18N2O2S2. The fourth-order valence-corrected chi connectivity index (χ4v) is 3.41. The molecule has 0 radical (unpaired) electrons. The summed E-state index contributed by atoms with van der Waals surface area (Å²) >= 11 is 4.74. The van der Waals surface area contributed by atoms with Crippen LogP contribution in [0.15, 0.2) is 0 Å². The Kier molecular flexibility index (Phi) is 4.48. The van der Waals surface area contributed by atoms with Crippen LogP contribution in [0.2, 0.25) is 0 Å². The van der Waals surface area contributed by atoms with Gasteiger partial charge in [-0.3, -0.25) is 0 Å². The second-order valence-corrected chi connectivity index (χ2v) is 6.47. The van der Waals surface area contributed by atoms with Crippen molar-refractivity contribution in [3.05, 3.63) is 0 Å². The second-order valence-electron chi connectivity index (χ2n) is 3.93. The summed E-state index contributed by atoms with van der Waals surface area (Å²) in [4.78, 5) is 0.370. The lowest BCUT2D eigenvalue weighted by Gasteiger charge is -2.19. The van der Waals surface area contributed by atoms with Gasteiger partial charge in [-0.15, -0.1) is 0 Å². The van der Waals surface area contributed by atoms with E-state index in [1.54, 1.807) is 0 Å². The number of sulfonamides is 1. The summed E-state index contributed by atoms with van der Waals surface area (Å²) in [7, 11) is -3.09. The van der Waals surface area contributed by atoms with Crippen molar-refractivity contribution in [3.8, 4) is 0 Å². The van der Waals surface area contributed by atoms with E-state index < -0.39 is 10.0 Å². The molecule has 4 nitrogen and oxygen atoms in total. The van der Waals surface area contributed by atoms with Gasteiger partial charge in [-0.25, -0.2) is 12.7 Å². The highest BCUT2D eigenvalue weighted by molar-refractivity contribution is 7.89. The van der Waals surface area contributed by atoms with Crippen molar-refractivity contribution in [1.82, 2.24) is 4.31 Å². The molecule has 6 heteroatoms. The summed E-state index contributed by atoms with van der Waals surface area (Å²) in [5, 5.41) is 0. The first-order valence-corrected chi connectivity index (χ1v) is 7.23. The van der Waals surface area contributed by atoms with Crippen molar-refractivity contribution in [2.75, 3.05) is 18.8 Å². The summed E-state index contributed by atoms with van der Waals surface area (Å²) < 4.78 is 25.2. The van der Waals surface area contributed by atoms with Crippen LogP contribution < -0.4 is 5.73 Å². The van der Waals surface area contributed by atoms with Gasteiger partial charge < -0.3 is 5.73 Å². The Balaban J connectivity index is 2.50. The van der Waals surface area contributed by atoms with Gasteiger partial charge in [0.15, 0.2) is 0 Å². The van der Waals surface area contributed by atoms with Crippen molar-refractivity contribution in [2.45, 2.75) is 26.2 Å². The van der Waals surface area contributed by atoms with E-state index in [0.29, 0.717) is 30.4 Å². The molecule has 0 heterocycles. The maximum atomic E-state index is 11.9. The Morgan fingerprint density at radius 1 is 1.53 bits per heavy atom. The first-order chi connectivity index (χ1) is 6.95. The van der Waals surface area contributed by atoms with E-state index in [0.717, 1.165) is 12.8 Å². The van der Waals surface area contributed by atoms with E-state index in [-0.39, 0.29) is 5.75 Å². The average molecular weight is 250 g/mol. The van der Waals surface area contributed by atoms with Crippen molar-refractivity contribution in [2.24, 2.45) is 11.7 Å². The van der Waals surface area contributed by atoms with Gasteiger partial charge in [-0.1, -0.05) is 19.1 Å². The van der Waals surface area contributed by atoms with Gasteiger partial charge in [0.25, 0.3) is 0 Å². The zero-order chi connectivity index (χ0) is 11.5. The van der Waals surface area contributed by atoms with E-state index in [9.17, 15) is 8.42 Å². The lowest BCUT2D eigenvalue weighted by molar-refractivity contribution is 0.435. The molecule has 0 aliphatic heterocycles. The minimum Gasteiger partial charge on any atom is -0.393 e. The summed E-state index contributed by atoms with van der Waals surface area (Å²) in [6.45, 7) is 2.75. The van der Waals surface area contributed by atoms with Gasteiger partial charge in [0.2, 0.25) is 10.0 Å². The van der Waals surface area contributed by atoms with Crippen LogP contribution in [0.1, 0.15) is 26.2 Å². The highest BCUT2D eigenvalue weighted by Gasteiger charge is 2.31. The van der Waals surface area contributed by atoms with Gasteiger partial charge in [-0.05, 0) is 18.8 Å². The van der Waals surface area contributed by atoms with Crippen LogP contribution in [0.25, 0.3) is 0 Å². The van der Waals surface area contributed by atoms with Crippen LogP contribution in [0.5, 0.6) is 0 Å². The average Bonchev–Trinajstić information content (AvgIpc) is 2.87. The van der Waals surface area contributed by atoms with Crippen LogP contribution >= 0.6 is 12.2 Å². The first kappa shape index (κ1) is 12.9. The third-order valence-corrected chi connectivity index (χ3v) is 4.82. The molecule has 0 atom stereocenters. The summed E-state index contributed by atoms with van der Waals surface area (Å²) in [6.07, 6.45) is 2.56. The number of nitrogens with two attached hydrogens (primary N) is 1.